The Labute approximate surface area is 112 Å². The number of nitrogens with two attached hydrogens (primary N) is 1. The van der Waals surface area contributed by atoms with E-state index < -0.39 is 0 Å². The van der Waals surface area contributed by atoms with E-state index in [0.717, 1.165) is 42.9 Å². The number of carbonyl (C=O) groups excluding carboxylic acids is 2. The van der Waals surface area contributed by atoms with E-state index in [-0.39, 0.29) is 11.8 Å². The summed E-state index contributed by atoms with van der Waals surface area (Å²) in [6.45, 7) is 1.57. The van der Waals surface area contributed by atoms with Crippen molar-refractivity contribution in [3.05, 3.63) is 29.3 Å². The lowest BCUT2D eigenvalue weighted by molar-refractivity contribution is 0.0693. The second-order valence-corrected chi connectivity index (χ2v) is 4.71. The summed E-state index contributed by atoms with van der Waals surface area (Å²) in [6, 6.07) is 5.30. The van der Waals surface area contributed by atoms with Gasteiger partial charge >= 0.3 is 0 Å². The van der Waals surface area contributed by atoms with Gasteiger partial charge in [-0.05, 0) is 37.6 Å². The Kier molecular flexibility index (Phi) is 4.16. The van der Waals surface area contributed by atoms with Crippen LogP contribution < -0.4 is 11.1 Å². The number of hydrogen-bond donors (Lipinski definition) is 2. The number of nitrogens with zero attached hydrogens (tertiary/aromatic N) is 1. The average molecular weight is 261 g/mol. The Morgan fingerprint density at radius 2 is 1.84 bits per heavy atom. The van der Waals surface area contributed by atoms with E-state index in [4.69, 9.17) is 5.73 Å². The van der Waals surface area contributed by atoms with E-state index in [1.54, 1.807) is 12.1 Å². The molecular weight excluding hydrogens is 242 g/mol. The fourth-order valence-corrected chi connectivity index (χ4v) is 2.15. The van der Waals surface area contributed by atoms with Crippen molar-refractivity contribution < 1.29 is 9.59 Å². The first-order valence-electron chi connectivity index (χ1n) is 6.55. The molecular formula is C14H19N3O2. The number of imide groups is 1. The van der Waals surface area contributed by atoms with Crippen molar-refractivity contribution in [2.24, 2.45) is 5.73 Å². The maximum absolute atomic E-state index is 11.8. The molecule has 3 N–H and O–H groups in total. The molecule has 0 unspecified atom stereocenters. The van der Waals surface area contributed by atoms with Gasteiger partial charge in [0.05, 0.1) is 11.1 Å². The Morgan fingerprint density at radius 3 is 2.58 bits per heavy atom. The third-order valence-corrected chi connectivity index (χ3v) is 3.30. The molecule has 0 saturated carbocycles. The summed E-state index contributed by atoms with van der Waals surface area (Å²) in [6.07, 6.45) is 3.17. The average Bonchev–Trinajstić information content (AvgIpc) is 2.64. The largest absolute Gasteiger partial charge is 0.385 e. The molecule has 1 aromatic rings. The number of hydrogen-bond acceptors (Lipinski definition) is 4. The minimum absolute atomic E-state index is 0.227. The Hall–Kier alpha value is -1.88. The van der Waals surface area contributed by atoms with E-state index in [1.807, 2.05) is 6.07 Å². The van der Waals surface area contributed by atoms with E-state index in [2.05, 4.69) is 5.32 Å². The van der Waals surface area contributed by atoms with Crippen molar-refractivity contribution in [2.75, 3.05) is 25.5 Å². The zero-order valence-electron chi connectivity index (χ0n) is 11.1. The molecule has 5 nitrogen and oxygen atoms in total. The number of unbranched alkanes of at least 4 members (excludes halogenated alkanes) is 2. The van der Waals surface area contributed by atoms with Crippen LogP contribution in [0.4, 0.5) is 5.69 Å². The van der Waals surface area contributed by atoms with Gasteiger partial charge in [0, 0.05) is 19.3 Å². The molecule has 0 spiro atoms. The van der Waals surface area contributed by atoms with Crippen LogP contribution in [0, 0.1) is 0 Å². The monoisotopic (exact) mass is 261 g/mol. The third-order valence-electron chi connectivity index (χ3n) is 3.30. The molecule has 2 amide bonds. The second kappa shape index (κ2) is 5.84. The minimum atomic E-state index is -0.230. The van der Waals surface area contributed by atoms with Crippen LogP contribution in [0.1, 0.15) is 40.0 Å². The van der Waals surface area contributed by atoms with Gasteiger partial charge in [0.15, 0.2) is 0 Å². The van der Waals surface area contributed by atoms with Gasteiger partial charge in [-0.1, -0.05) is 6.42 Å². The van der Waals surface area contributed by atoms with Crippen molar-refractivity contribution in [1.29, 1.82) is 0 Å². The SMILES string of the molecule is CN1C(=O)c2ccc(NCCCCCN)cc2C1=O. The first-order valence-corrected chi connectivity index (χ1v) is 6.55. The standard InChI is InChI=1S/C14H19N3O2/c1-17-13(18)11-6-5-10(9-12(11)14(17)19)16-8-4-2-3-7-15/h5-6,9,16H,2-4,7-8,15H2,1H3. The van der Waals surface area contributed by atoms with Gasteiger partial charge in [0.2, 0.25) is 0 Å². The van der Waals surface area contributed by atoms with Crippen LogP contribution in [-0.2, 0) is 0 Å². The zero-order valence-corrected chi connectivity index (χ0v) is 11.1. The van der Waals surface area contributed by atoms with Gasteiger partial charge in [-0.25, -0.2) is 0 Å². The van der Waals surface area contributed by atoms with Crippen LogP contribution in [-0.4, -0.2) is 36.9 Å². The Morgan fingerprint density at radius 1 is 1.11 bits per heavy atom. The highest BCUT2D eigenvalue weighted by molar-refractivity contribution is 6.21. The maximum atomic E-state index is 11.8. The zero-order chi connectivity index (χ0) is 13.8. The molecule has 19 heavy (non-hydrogen) atoms. The van der Waals surface area contributed by atoms with Crippen molar-refractivity contribution in [2.45, 2.75) is 19.3 Å². The molecule has 2 rings (SSSR count). The molecule has 102 valence electrons. The normalized spacial score (nSPS) is 13.9. The summed E-state index contributed by atoms with van der Waals surface area (Å²) in [5.74, 6) is -0.457. The Balaban J connectivity index is 1.99. The first kappa shape index (κ1) is 13.5. The molecule has 1 aromatic carbocycles. The summed E-state index contributed by atoms with van der Waals surface area (Å²) < 4.78 is 0. The summed E-state index contributed by atoms with van der Waals surface area (Å²) in [5.41, 5.74) is 7.28. The van der Waals surface area contributed by atoms with E-state index in [9.17, 15) is 9.59 Å². The van der Waals surface area contributed by atoms with Crippen LogP contribution in [0.15, 0.2) is 18.2 Å². The molecule has 0 bridgehead atoms. The van der Waals surface area contributed by atoms with Gasteiger partial charge < -0.3 is 11.1 Å². The summed E-state index contributed by atoms with van der Waals surface area (Å²) in [4.78, 5) is 24.7. The lowest BCUT2D eigenvalue weighted by Gasteiger charge is -2.07. The molecule has 0 aliphatic carbocycles. The topological polar surface area (TPSA) is 75.4 Å². The van der Waals surface area contributed by atoms with Crippen molar-refractivity contribution in [1.82, 2.24) is 4.90 Å². The minimum Gasteiger partial charge on any atom is -0.385 e. The molecule has 1 aliphatic rings. The molecule has 0 aromatic heterocycles. The van der Waals surface area contributed by atoms with Crippen molar-refractivity contribution >= 4 is 17.5 Å². The van der Waals surface area contributed by atoms with E-state index in [1.165, 1.54) is 7.05 Å². The fourth-order valence-electron chi connectivity index (χ4n) is 2.15. The highest BCUT2D eigenvalue weighted by atomic mass is 16.2. The lowest BCUT2D eigenvalue weighted by Crippen LogP contribution is -2.24. The molecule has 1 aliphatic heterocycles. The van der Waals surface area contributed by atoms with Gasteiger partial charge in [0.25, 0.3) is 11.8 Å². The molecule has 0 fully saturated rings. The van der Waals surface area contributed by atoms with Crippen LogP contribution in [0.5, 0.6) is 0 Å². The fraction of sp³-hybridized carbons (Fsp3) is 0.429. The number of fused-ring (bicyclic) bond motifs is 1. The van der Waals surface area contributed by atoms with Gasteiger partial charge in [-0.2, -0.15) is 0 Å². The number of anilines is 1. The summed E-state index contributed by atoms with van der Waals surface area (Å²) in [7, 11) is 1.50. The van der Waals surface area contributed by atoms with Gasteiger partial charge in [0.1, 0.15) is 0 Å². The van der Waals surface area contributed by atoms with Crippen LogP contribution in [0.3, 0.4) is 0 Å². The molecule has 1 heterocycles. The van der Waals surface area contributed by atoms with Crippen LogP contribution in [0.2, 0.25) is 0 Å². The van der Waals surface area contributed by atoms with E-state index >= 15 is 0 Å². The molecule has 0 atom stereocenters. The van der Waals surface area contributed by atoms with Crippen LogP contribution >= 0.6 is 0 Å². The number of nitrogens with one attached hydrogen (secondary N) is 1. The van der Waals surface area contributed by atoms with Crippen molar-refractivity contribution in [3.8, 4) is 0 Å². The van der Waals surface area contributed by atoms with Crippen molar-refractivity contribution in [3.63, 3.8) is 0 Å². The molecule has 0 radical (unpaired) electrons. The highest BCUT2D eigenvalue weighted by Gasteiger charge is 2.32. The van der Waals surface area contributed by atoms with Gasteiger partial charge in [-0.3, -0.25) is 14.5 Å². The summed E-state index contributed by atoms with van der Waals surface area (Å²) >= 11 is 0. The quantitative estimate of drug-likeness (QED) is 0.600. The van der Waals surface area contributed by atoms with E-state index in [0.29, 0.717) is 11.1 Å². The Bertz CT molecular complexity index is 499. The third kappa shape index (κ3) is 2.76. The molecule has 0 saturated heterocycles. The predicted octanol–water partition coefficient (Wildman–Crippen LogP) is 1.45. The first-order chi connectivity index (χ1) is 9.15. The smallest absolute Gasteiger partial charge is 0.261 e. The van der Waals surface area contributed by atoms with Gasteiger partial charge in [-0.15, -0.1) is 0 Å². The molecule has 5 heteroatoms. The highest BCUT2D eigenvalue weighted by Crippen LogP contribution is 2.24. The maximum Gasteiger partial charge on any atom is 0.261 e. The number of rotatable bonds is 6. The number of carbonyl (C=O) groups is 2. The predicted molar refractivity (Wildman–Crippen MR) is 74.3 cm³/mol. The second-order valence-electron chi connectivity index (χ2n) is 4.71. The number of benzene rings is 1. The summed E-state index contributed by atoms with van der Waals surface area (Å²) in [5, 5.41) is 3.26. The lowest BCUT2D eigenvalue weighted by atomic mass is 10.1. The van der Waals surface area contributed by atoms with Crippen LogP contribution in [0.25, 0.3) is 0 Å². The number of amides is 2.